The monoisotopic (exact) mass is 772 g/mol. The Bertz CT molecular complexity index is 2080. The maximum atomic E-state index is 14.2. The first kappa shape index (κ1) is 37.8. The number of esters is 1. The Kier molecular flexibility index (Phi) is 11.3. The Morgan fingerprint density at radius 1 is 1.07 bits per heavy atom. The number of amides is 1. The first-order valence-electron chi connectivity index (χ1n) is 18.5. The third-order valence-electron chi connectivity index (χ3n) is 11.4. The van der Waals surface area contributed by atoms with E-state index in [1.54, 1.807) is 55.6 Å². The fraction of sp³-hybridized carbons (Fsp3) is 0.429. The van der Waals surface area contributed by atoms with Crippen LogP contribution in [0, 0.1) is 23.9 Å². The van der Waals surface area contributed by atoms with Crippen molar-refractivity contribution in [1.29, 1.82) is 0 Å². The number of hydrogen-bond donors (Lipinski definition) is 1. The van der Waals surface area contributed by atoms with Gasteiger partial charge in [0.2, 0.25) is 10.0 Å². The molecule has 12 heteroatoms. The third-order valence-corrected chi connectivity index (χ3v) is 13.4. The molecular formula is C42H45ClN2O8S. The zero-order chi connectivity index (χ0) is 37.9. The molecule has 1 amide bonds. The van der Waals surface area contributed by atoms with Gasteiger partial charge in [-0.15, -0.1) is 0 Å². The Hall–Kier alpha value is -4.50. The van der Waals surface area contributed by atoms with E-state index in [9.17, 15) is 18.0 Å². The molecule has 7 rings (SSSR count). The van der Waals surface area contributed by atoms with E-state index in [1.165, 1.54) is 18.2 Å². The van der Waals surface area contributed by atoms with Crippen molar-refractivity contribution in [2.75, 3.05) is 38.8 Å². The highest BCUT2D eigenvalue weighted by Gasteiger charge is 2.45. The van der Waals surface area contributed by atoms with E-state index in [0.29, 0.717) is 36.3 Å². The van der Waals surface area contributed by atoms with Crippen LogP contribution in [0.5, 0.6) is 5.75 Å². The Morgan fingerprint density at radius 3 is 2.67 bits per heavy atom. The topological polar surface area (TPSA) is 120 Å². The number of anilines is 1. The highest BCUT2D eigenvalue weighted by Crippen LogP contribution is 2.47. The molecule has 2 aliphatic carbocycles. The quantitative estimate of drug-likeness (QED) is 0.181. The second-order valence-corrected chi connectivity index (χ2v) is 17.0. The van der Waals surface area contributed by atoms with Crippen LogP contribution >= 0.6 is 11.6 Å². The molecular weight excluding hydrogens is 728 g/mol. The highest BCUT2D eigenvalue weighted by molar-refractivity contribution is 7.90. The maximum absolute atomic E-state index is 14.2. The molecule has 1 N–H and O–H groups in total. The zero-order valence-corrected chi connectivity index (χ0v) is 32.0. The van der Waals surface area contributed by atoms with Crippen LogP contribution in [0.4, 0.5) is 5.69 Å². The molecule has 1 fully saturated rings. The number of nitrogens with zero attached hydrogens (tertiary/aromatic N) is 1. The van der Waals surface area contributed by atoms with E-state index in [4.69, 9.17) is 30.5 Å². The normalized spacial score (nSPS) is 27.2. The van der Waals surface area contributed by atoms with Crippen LogP contribution < -0.4 is 14.4 Å². The summed E-state index contributed by atoms with van der Waals surface area (Å²) in [6.07, 6.45) is 9.83. The van der Waals surface area contributed by atoms with Gasteiger partial charge >= 0.3 is 5.97 Å². The van der Waals surface area contributed by atoms with Crippen LogP contribution in [-0.4, -0.2) is 71.7 Å². The Labute approximate surface area is 322 Å². The number of carbonyl (C=O) groups is 2. The van der Waals surface area contributed by atoms with Crippen LogP contribution in [0.25, 0.3) is 0 Å². The number of fused-ring (bicyclic) bond motifs is 4. The number of ether oxygens (including phenoxy) is 4. The maximum Gasteiger partial charge on any atom is 0.339 e. The van der Waals surface area contributed by atoms with Crippen molar-refractivity contribution >= 4 is 39.2 Å². The lowest BCUT2D eigenvalue weighted by Crippen LogP contribution is -2.49. The largest absolute Gasteiger partial charge is 0.490 e. The van der Waals surface area contributed by atoms with Gasteiger partial charge in [-0.25, -0.2) is 17.9 Å². The number of carbonyl (C=O) groups excluding carboxylic acids is 2. The summed E-state index contributed by atoms with van der Waals surface area (Å²) in [5.41, 5.74) is 3.27. The average molecular weight is 773 g/mol. The summed E-state index contributed by atoms with van der Waals surface area (Å²) in [4.78, 5) is 29.5. The molecule has 2 bridgehead atoms. The second-order valence-electron chi connectivity index (χ2n) is 14.7. The first-order valence-corrected chi connectivity index (χ1v) is 20.4. The third kappa shape index (κ3) is 7.83. The van der Waals surface area contributed by atoms with Crippen molar-refractivity contribution < 1.29 is 37.0 Å². The van der Waals surface area contributed by atoms with Gasteiger partial charge in [0.25, 0.3) is 5.91 Å². The molecule has 0 aromatic heterocycles. The highest BCUT2D eigenvalue weighted by atomic mass is 35.5. The van der Waals surface area contributed by atoms with E-state index >= 15 is 0 Å². The molecule has 4 aliphatic rings. The number of hydrogen-bond acceptors (Lipinski definition) is 9. The lowest BCUT2D eigenvalue weighted by atomic mass is 9.68. The molecule has 1 saturated carbocycles. The standard InChI is InChI=1S/C42H45ClN2O8S/c1-50-22-20-38(53-41(47)28-9-4-3-5-10-28)39-13-7-6-12-36(51-2)33-17-14-31(33)25-45-26-42(21-8-11-29-23-32(43)16-18-34(29)42)27-52-37-19-15-30(24-35(37)45)40(46)44-54(39,48)49/h3-6,9-10,12,15-16,18-19,23-24,31,33,36,38-39H,7-8,11,13-14,17,21,25-27H2,1-2H3,(H,44,46)/b12-6+/t31-,33+,36-,38?,39-,42-/m0/s1. The predicted molar refractivity (Wildman–Crippen MR) is 206 cm³/mol. The van der Waals surface area contributed by atoms with Gasteiger partial charge in [-0.2, -0.15) is 0 Å². The van der Waals surface area contributed by atoms with Crippen LogP contribution in [0.3, 0.4) is 0 Å². The molecule has 2 aliphatic heterocycles. The number of allylic oxidation sites excluding steroid dienone is 1. The summed E-state index contributed by atoms with van der Waals surface area (Å²) >= 11 is 6.45. The van der Waals surface area contributed by atoms with Gasteiger partial charge in [-0.1, -0.05) is 48.0 Å². The van der Waals surface area contributed by atoms with Gasteiger partial charge in [0, 0.05) is 36.2 Å². The van der Waals surface area contributed by atoms with Crippen molar-refractivity contribution in [3.63, 3.8) is 0 Å². The minimum absolute atomic E-state index is 0.00462. The van der Waals surface area contributed by atoms with Crippen LogP contribution in [0.15, 0.2) is 78.9 Å². The molecule has 0 radical (unpaired) electrons. The number of aryl methyl sites for hydroxylation is 1. The molecule has 54 heavy (non-hydrogen) atoms. The Balaban J connectivity index is 1.27. The van der Waals surface area contributed by atoms with Gasteiger partial charge in [0.1, 0.15) is 17.1 Å². The SMILES string of the molecule is COC#CC(OC(=O)c1ccccc1)[C@@H]1CC/C=C/[C@H](OC)[C@@H]2CC[C@H]2CN2C[C@@]3(CCCc4cc(Cl)ccc43)COc3ccc(cc32)C(=O)NS1(=O)=O. The van der Waals surface area contributed by atoms with Gasteiger partial charge in [0.05, 0.1) is 31.1 Å². The molecule has 10 nitrogen and oxygen atoms in total. The van der Waals surface area contributed by atoms with E-state index in [0.717, 1.165) is 44.3 Å². The van der Waals surface area contributed by atoms with Crippen molar-refractivity contribution in [3.8, 4) is 17.8 Å². The second kappa shape index (κ2) is 16.1. The van der Waals surface area contributed by atoms with E-state index in [-0.39, 0.29) is 35.0 Å². The number of methoxy groups -OCH3 is 2. The summed E-state index contributed by atoms with van der Waals surface area (Å²) < 4.78 is 54.0. The van der Waals surface area contributed by atoms with E-state index < -0.39 is 33.3 Å². The van der Waals surface area contributed by atoms with Gasteiger partial charge in [-0.3, -0.25) is 4.79 Å². The van der Waals surface area contributed by atoms with Crippen LogP contribution in [0.1, 0.15) is 70.4 Å². The predicted octanol–water partition coefficient (Wildman–Crippen LogP) is 6.47. The van der Waals surface area contributed by atoms with E-state index in [1.807, 2.05) is 18.2 Å². The molecule has 2 heterocycles. The molecule has 6 atom stereocenters. The summed E-state index contributed by atoms with van der Waals surface area (Å²) in [6, 6.07) is 19.4. The average Bonchev–Trinajstić information content (AvgIpc) is 3.30. The van der Waals surface area contributed by atoms with Crippen molar-refractivity contribution in [2.45, 2.75) is 67.8 Å². The van der Waals surface area contributed by atoms with Crippen LogP contribution in [-0.2, 0) is 36.1 Å². The van der Waals surface area contributed by atoms with Gasteiger partial charge < -0.3 is 23.8 Å². The molecule has 0 saturated heterocycles. The molecule has 284 valence electrons. The fourth-order valence-corrected chi connectivity index (χ4v) is 10.1. The Morgan fingerprint density at radius 2 is 1.91 bits per heavy atom. The van der Waals surface area contributed by atoms with Crippen molar-refractivity contribution in [1.82, 2.24) is 4.72 Å². The minimum atomic E-state index is -4.49. The molecule has 1 unspecified atom stereocenters. The lowest BCUT2D eigenvalue weighted by Gasteiger charge is -2.46. The summed E-state index contributed by atoms with van der Waals surface area (Å²) in [6.45, 7) is 1.83. The molecule has 1 spiro atoms. The summed E-state index contributed by atoms with van der Waals surface area (Å²) in [5.74, 6) is 2.27. The number of halogens is 1. The molecule has 3 aromatic carbocycles. The number of sulfonamides is 1. The van der Waals surface area contributed by atoms with Crippen LogP contribution in [0.2, 0.25) is 5.02 Å². The number of nitrogens with one attached hydrogen (secondary N) is 1. The van der Waals surface area contributed by atoms with Crippen molar-refractivity contribution in [3.05, 3.63) is 106 Å². The zero-order valence-electron chi connectivity index (χ0n) is 30.5. The van der Waals surface area contributed by atoms with E-state index in [2.05, 4.69) is 33.8 Å². The van der Waals surface area contributed by atoms with Gasteiger partial charge in [-0.05, 0) is 116 Å². The molecule has 3 aromatic rings. The summed E-state index contributed by atoms with van der Waals surface area (Å²) in [7, 11) is -1.46. The summed E-state index contributed by atoms with van der Waals surface area (Å²) in [5, 5.41) is -0.712. The smallest absolute Gasteiger partial charge is 0.339 e. The van der Waals surface area contributed by atoms with Gasteiger partial charge in [0.15, 0.2) is 6.10 Å². The minimum Gasteiger partial charge on any atom is -0.490 e. The number of benzene rings is 3. The lowest BCUT2D eigenvalue weighted by molar-refractivity contribution is 0.0131. The fourth-order valence-electron chi connectivity index (χ4n) is 8.49. The first-order chi connectivity index (χ1) is 26.1. The van der Waals surface area contributed by atoms with Crippen molar-refractivity contribution in [2.24, 2.45) is 11.8 Å². The number of rotatable bonds is 4.